The van der Waals surface area contributed by atoms with Crippen LogP contribution in [-0.2, 0) is 0 Å². The van der Waals surface area contributed by atoms with Crippen molar-refractivity contribution in [3.8, 4) is 0 Å². The molecule has 0 fully saturated rings. The van der Waals surface area contributed by atoms with Crippen LogP contribution in [0.2, 0.25) is 0 Å². The molecule has 0 amide bonds. The van der Waals surface area contributed by atoms with Gasteiger partial charge in [-0.15, -0.1) is 0 Å². The lowest BCUT2D eigenvalue weighted by Gasteiger charge is -2.25. The van der Waals surface area contributed by atoms with Gasteiger partial charge in [-0.2, -0.15) is 0 Å². The van der Waals surface area contributed by atoms with Gasteiger partial charge in [-0.3, -0.25) is 0 Å². The van der Waals surface area contributed by atoms with Crippen LogP contribution in [0.5, 0.6) is 0 Å². The molecule has 0 aliphatic heterocycles. The molecule has 0 spiro atoms. The lowest BCUT2D eigenvalue weighted by Crippen LogP contribution is -2.09. The van der Waals surface area contributed by atoms with Crippen molar-refractivity contribution in [3.05, 3.63) is 109 Å². The normalized spacial score (nSPS) is 11.0. The molecule has 0 aliphatic carbocycles. The highest BCUT2D eigenvalue weighted by Gasteiger charge is 2.12. The summed E-state index contributed by atoms with van der Waals surface area (Å²) < 4.78 is 0. The fourth-order valence-corrected chi connectivity index (χ4v) is 3.51. The van der Waals surface area contributed by atoms with E-state index in [9.17, 15) is 0 Å². The van der Waals surface area contributed by atoms with Crippen LogP contribution < -0.4 is 4.90 Å². The van der Waals surface area contributed by atoms with Crippen molar-refractivity contribution in [2.24, 2.45) is 0 Å². The smallest absolute Gasteiger partial charge is 0.0711 e. The molecule has 0 saturated heterocycles. The number of hydrogen-bond acceptors (Lipinski definition) is 2. The van der Waals surface area contributed by atoms with Crippen molar-refractivity contribution in [2.45, 2.75) is 0 Å². The molecule has 1 aromatic heterocycles. The van der Waals surface area contributed by atoms with E-state index in [2.05, 4.69) is 95.9 Å². The van der Waals surface area contributed by atoms with Crippen molar-refractivity contribution in [1.29, 1.82) is 0 Å². The number of rotatable bonds is 3. The summed E-state index contributed by atoms with van der Waals surface area (Å²) >= 11 is 0. The second kappa shape index (κ2) is 6.58. The van der Waals surface area contributed by atoms with Crippen LogP contribution in [0.4, 0.5) is 17.1 Å². The molecule has 2 nitrogen and oxygen atoms in total. The number of nitrogens with zero attached hydrogens (tertiary/aromatic N) is 2. The van der Waals surface area contributed by atoms with E-state index in [1.165, 1.54) is 0 Å². The van der Waals surface area contributed by atoms with E-state index in [4.69, 9.17) is 4.98 Å². The first-order chi connectivity index (χ1) is 13.4. The summed E-state index contributed by atoms with van der Waals surface area (Å²) in [5.41, 5.74) is 5.44. The zero-order valence-electron chi connectivity index (χ0n) is 14.8. The lowest BCUT2D eigenvalue weighted by molar-refractivity contribution is 1.29. The van der Waals surface area contributed by atoms with Crippen LogP contribution in [-0.4, -0.2) is 4.98 Å². The topological polar surface area (TPSA) is 16.1 Å². The summed E-state index contributed by atoms with van der Waals surface area (Å²) in [6.07, 6.45) is 0. The molecule has 1 heterocycles. The molecule has 0 bridgehead atoms. The summed E-state index contributed by atoms with van der Waals surface area (Å²) in [5.74, 6) is 0. The maximum Gasteiger partial charge on any atom is 0.0711 e. The Morgan fingerprint density at radius 2 is 1.04 bits per heavy atom. The van der Waals surface area contributed by atoms with E-state index >= 15 is 0 Å². The summed E-state index contributed by atoms with van der Waals surface area (Å²) in [6.45, 7) is 0. The van der Waals surface area contributed by atoms with Crippen molar-refractivity contribution >= 4 is 38.9 Å². The van der Waals surface area contributed by atoms with Gasteiger partial charge in [-0.05, 0) is 54.6 Å². The number of fused-ring (bicyclic) bond motifs is 2. The summed E-state index contributed by atoms with van der Waals surface area (Å²) in [4.78, 5) is 7.08. The molecule has 0 atom stereocenters. The largest absolute Gasteiger partial charge is 0.310 e. The van der Waals surface area contributed by atoms with E-state index in [1.54, 1.807) is 0 Å². The van der Waals surface area contributed by atoms with E-state index < -0.39 is 0 Å². The first-order valence-electron chi connectivity index (χ1n) is 9.08. The Kier molecular flexibility index (Phi) is 3.80. The molecule has 2 heteroatoms. The molecule has 0 radical (unpaired) electrons. The monoisotopic (exact) mass is 346 g/mol. The van der Waals surface area contributed by atoms with Gasteiger partial charge in [-0.25, -0.2) is 4.98 Å². The average Bonchev–Trinajstić information content (AvgIpc) is 2.74. The van der Waals surface area contributed by atoms with Gasteiger partial charge in [0.15, 0.2) is 0 Å². The van der Waals surface area contributed by atoms with Crippen molar-refractivity contribution < 1.29 is 0 Å². The molecule has 27 heavy (non-hydrogen) atoms. The maximum absolute atomic E-state index is 4.81. The average molecular weight is 346 g/mol. The van der Waals surface area contributed by atoms with Gasteiger partial charge in [0.05, 0.1) is 11.0 Å². The number of hydrogen-bond donors (Lipinski definition) is 0. The quantitative estimate of drug-likeness (QED) is 0.332. The third-order valence-corrected chi connectivity index (χ3v) is 4.79. The standard InChI is InChI=1S/C25H18N2/c1-3-10-21(11-4-1)27(22-12-5-2-6-13-22)23-15-16-25-20(18-23)17-19-9-7-8-14-24(19)26-25/h1-18H. The predicted octanol–water partition coefficient (Wildman–Crippen LogP) is 6.86. The van der Waals surface area contributed by atoms with E-state index in [-0.39, 0.29) is 0 Å². The van der Waals surface area contributed by atoms with Crippen LogP contribution in [0, 0.1) is 0 Å². The molecule has 128 valence electrons. The lowest BCUT2D eigenvalue weighted by atomic mass is 10.1. The molecule has 0 aliphatic rings. The van der Waals surface area contributed by atoms with Crippen LogP contribution in [0.3, 0.4) is 0 Å². The molecule has 0 N–H and O–H groups in total. The third-order valence-electron chi connectivity index (χ3n) is 4.79. The van der Waals surface area contributed by atoms with Gasteiger partial charge in [0.1, 0.15) is 0 Å². The highest BCUT2D eigenvalue weighted by atomic mass is 15.1. The van der Waals surface area contributed by atoms with Gasteiger partial charge >= 0.3 is 0 Å². The highest BCUT2D eigenvalue weighted by molar-refractivity contribution is 5.95. The van der Waals surface area contributed by atoms with Gasteiger partial charge in [0.25, 0.3) is 0 Å². The number of para-hydroxylation sites is 3. The van der Waals surface area contributed by atoms with Crippen molar-refractivity contribution in [3.63, 3.8) is 0 Å². The van der Waals surface area contributed by atoms with E-state index in [0.717, 1.165) is 38.9 Å². The van der Waals surface area contributed by atoms with Crippen molar-refractivity contribution in [1.82, 2.24) is 4.98 Å². The van der Waals surface area contributed by atoms with Crippen LogP contribution in [0.15, 0.2) is 109 Å². The second-order valence-electron chi connectivity index (χ2n) is 6.56. The van der Waals surface area contributed by atoms with Gasteiger partial charge in [0, 0.05) is 27.8 Å². The SMILES string of the molecule is c1ccc(N(c2ccccc2)c2ccc3nc4ccccc4cc3c2)cc1. The van der Waals surface area contributed by atoms with Crippen LogP contribution >= 0.6 is 0 Å². The number of anilines is 3. The van der Waals surface area contributed by atoms with Crippen LogP contribution in [0.25, 0.3) is 21.8 Å². The molecule has 5 aromatic rings. The summed E-state index contributed by atoms with van der Waals surface area (Å²) in [7, 11) is 0. The first kappa shape index (κ1) is 15.6. The molecule has 0 unspecified atom stereocenters. The molecule has 4 aromatic carbocycles. The number of benzene rings is 4. The summed E-state index contributed by atoms with van der Waals surface area (Å²) in [6, 6.07) is 37.9. The number of pyridine rings is 1. The minimum Gasteiger partial charge on any atom is -0.310 e. The second-order valence-corrected chi connectivity index (χ2v) is 6.56. The fraction of sp³-hybridized carbons (Fsp3) is 0. The zero-order valence-corrected chi connectivity index (χ0v) is 14.8. The maximum atomic E-state index is 4.81. The molecule has 5 rings (SSSR count). The Bertz CT molecular complexity index is 1170. The minimum absolute atomic E-state index is 1.01. The Balaban J connectivity index is 1.71. The Morgan fingerprint density at radius 1 is 0.444 bits per heavy atom. The molecular weight excluding hydrogens is 328 g/mol. The first-order valence-corrected chi connectivity index (χ1v) is 9.08. The number of aromatic nitrogens is 1. The zero-order chi connectivity index (χ0) is 18.1. The van der Waals surface area contributed by atoms with Gasteiger partial charge in [0.2, 0.25) is 0 Å². The van der Waals surface area contributed by atoms with E-state index in [1.807, 2.05) is 18.2 Å². The fourth-order valence-electron chi connectivity index (χ4n) is 3.51. The molecule has 0 saturated carbocycles. The highest BCUT2D eigenvalue weighted by Crippen LogP contribution is 2.35. The summed E-state index contributed by atoms with van der Waals surface area (Å²) in [5, 5.41) is 2.30. The van der Waals surface area contributed by atoms with Gasteiger partial charge < -0.3 is 4.90 Å². The Labute approximate surface area is 158 Å². The van der Waals surface area contributed by atoms with Crippen LogP contribution in [0.1, 0.15) is 0 Å². The van der Waals surface area contributed by atoms with Gasteiger partial charge in [-0.1, -0.05) is 54.6 Å². The Morgan fingerprint density at radius 3 is 1.74 bits per heavy atom. The molecular formula is C25H18N2. The van der Waals surface area contributed by atoms with E-state index in [0.29, 0.717) is 0 Å². The predicted molar refractivity (Wildman–Crippen MR) is 114 cm³/mol. The third kappa shape index (κ3) is 2.91. The minimum atomic E-state index is 1.01. The van der Waals surface area contributed by atoms with Crippen molar-refractivity contribution in [2.75, 3.05) is 4.90 Å². The Hall–Kier alpha value is -3.65.